The number of nitrogens with one attached hydrogen (secondary N) is 1. The normalized spacial score (nSPS) is 11.6. The molecule has 0 bridgehead atoms. The van der Waals surface area contributed by atoms with Crippen LogP contribution in [0.5, 0.6) is 0 Å². The predicted molar refractivity (Wildman–Crippen MR) is 68.0 cm³/mol. The zero-order chi connectivity index (χ0) is 12.6. The van der Waals surface area contributed by atoms with Crippen molar-refractivity contribution in [1.29, 1.82) is 0 Å². The molecular formula is C12H19NO3S. The lowest BCUT2D eigenvalue weighted by Crippen LogP contribution is -2.26. The van der Waals surface area contributed by atoms with E-state index in [0.717, 1.165) is 24.8 Å². The van der Waals surface area contributed by atoms with E-state index in [-0.39, 0.29) is 12.4 Å². The van der Waals surface area contributed by atoms with Crippen LogP contribution >= 0.6 is 0 Å². The Bertz CT molecular complexity index is 403. The number of benzene rings is 1. The molecule has 96 valence electrons. The van der Waals surface area contributed by atoms with Gasteiger partial charge in [0.1, 0.15) is 0 Å². The Morgan fingerprint density at radius 2 is 1.76 bits per heavy atom. The maximum Gasteiger partial charge on any atom is 0.215 e. The van der Waals surface area contributed by atoms with E-state index in [1.165, 1.54) is 0 Å². The number of hydrogen-bond donors (Lipinski definition) is 2. The summed E-state index contributed by atoms with van der Waals surface area (Å²) in [6.45, 7) is 0.603. The van der Waals surface area contributed by atoms with Crippen LogP contribution in [-0.4, -0.2) is 26.7 Å². The summed E-state index contributed by atoms with van der Waals surface area (Å²) in [5.41, 5.74) is 0.787. The molecule has 0 radical (unpaired) electrons. The summed E-state index contributed by atoms with van der Waals surface area (Å²) in [5, 5.41) is 8.58. The average molecular weight is 257 g/mol. The topological polar surface area (TPSA) is 66.4 Å². The number of aliphatic hydroxyl groups excluding tert-OH is 1. The van der Waals surface area contributed by atoms with Crippen LogP contribution in [0.15, 0.2) is 30.3 Å². The van der Waals surface area contributed by atoms with Crippen LogP contribution in [0, 0.1) is 0 Å². The molecule has 1 aromatic carbocycles. The Kier molecular flexibility index (Phi) is 6.18. The molecule has 0 spiro atoms. The van der Waals surface area contributed by atoms with Gasteiger partial charge < -0.3 is 5.11 Å². The van der Waals surface area contributed by atoms with Gasteiger partial charge in [0.2, 0.25) is 10.0 Å². The summed E-state index contributed by atoms with van der Waals surface area (Å²) in [4.78, 5) is 0. The molecule has 0 heterocycles. The quantitative estimate of drug-likeness (QED) is 0.689. The van der Waals surface area contributed by atoms with Gasteiger partial charge in [-0.05, 0) is 24.8 Å². The van der Waals surface area contributed by atoms with Gasteiger partial charge >= 0.3 is 0 Å². The summed E-state index contributed by atoms with van der Waals surface area (Å²) < 4.78 is 25.9. The van der Waals surface area contributed by atoms with Crippen LogP contribution in [0.3, 0.4) is 0 Å². The number of unbranched alkanes of at least 4 members (excludes halogenated alkanes) is 2. The third kappa shape index (κ3) is 6.41. The van der Waals surface area contributed by atoms with Crippen LogP contribution in [0.2, 0.25) is 0 Å². The van der Waals surface area contributed by atoms with E-state index in [9.17, 15) is 8.42 Å². The summed E-state index contributed by atoms with van der Waals surface area (Å²) in [6.07, 6.45) is 2.32. The molecule has 1 aromatic rings. The fraction of sp³-hybridized carbons (Fsp3) is 0.500. The molecule has 0 amide bonds. The van der Waals surface area contributed by atoms with Gasteiger partial charge in [-0.25, -0.2) is 13.1 Å². The molecule has 5 heteroatoms. The minimum atomic E-state index is -3.23. The summed E-state index contributed by atoms with van der Waals surface area (Å²) in [5.74, 6) is 0.0217. The Hall–Kier alpha value is -0.910. The molecule has 17 heavy (non-hydrogen) atoms. The third-order valence-electron chi connectivity index (χ3n) is 2.36. The molecular weight excluding hydrogens is 238 g/mol. The van der Waals surface area contributed by atoms with Crippen molar-refractivity contribution in [2.75, 3.05) is 13.2 Å². The van der Waals surface area contributed by atoms with Gasteiger partial charge in [0.25, 0.3) is 0 Å². The van der Waals surface area contributed by atoms with Gasteiger partial charge in [-0.1, -0.05) is 30.3 Å². The summed E-state index contributed by atoms with van der Waals surface area (Å²) >= 11 is 0. The van der Waals surface area contributed by atoms with E-state index >= 15 is 0 Å². The standard InChI is InChI=1S/C12H19NO3S/c14-10-6-2-5-9-13-17(15,16)11-12-7-3-1-4-8-12/h1,3-4,7-8,13-14H,2,5-6,9-11H2. The van der Waals surface area contributed by atoms with Gasteiger partial charge in [-0.3, -0.25) is 0 Å². The Labute approximate surface area is 103 Å². The van der Waals surface area contributed by atoms with E-state index in [4.69, 9.17) is 5.11 Å². The zero-order valence-electron chi connectivity index (χ0n) is 9.80. The van der Waals surface area contributed by atoms with E-state index in [0.29, 0.717) is 6.54 Å². The SMILES string of the molecule is O=S(=O)(Cc1ccccc1)NCCCCCO. The molecule has 0 atom stereocenters. The molecule has 0 aliphatic carbocycles. The number of aliphatic hydroxyl groups is 1. The Morgan fingerprint density at radius 3 is 2.41 bits per heavy atom. The van der Waals surface area contributed by atoms with Crippen molar-refractivity contribution in [2.45, 2.75) is 25.0 Å². The molecule has 0 aliphatic heterocycles. The number of sulfonamides is 1. The highest BCUT2D eigenvalue weighted by atomic mass is 32.2. The van der Waals surface area contributed by atoms with Crippen LogP contribution < -0.4 is 4.72 Å². The van der Waals surface area contributed by atoms with Gasteiger partial charge in [0, 0.05) is 13.2 Å². The monoisotopic (exact) mass is 257 g/mol. The maximum absolute atomic E-state index is 11.7. The van der Waals surface area contributed by atoms with Crippen LogP contribution in [-0.2, 0) is 15.8 Å². The largest absolute Gasteiger partial charge is 0.396 e. The minimum absolute atomic E-state index is 0.0217. The van der Waals surface area contributed by atoms with Crippen molar-refractivity contribution in [1.82, 2.24) is 4.72 Å². The minimum Gasteiger partial charge on any atom is -0.396 e. The molecule has 2 N–H and O–H groups in total. The van der Waals surface area contributed by atoms with Gasteiger partial charge in [-0.15, -0.1) is 0 Å². The first kappa shape index (κ1) is 14.2. The van der Waals surface area contributed by atoms with Crippen LogP contribution in [0.1, 0.15) is 24.8 Å². The van der Waals surface area contributed by atoms with Crippen molar-refractivity contribution in [3.8, 4) is 0 Å². The molecule has 0 aromatic heterocycles. The lowest BCUT2D eigenvalue weighted by Gasteiger charge is -2.06. The first-order valence-corrected chi connectivity index (χ1v) is 7.41. The first-order valence-electron chi connectivity index (χ1n) is 5.76. The highest BCUT2D eigenvalue weighted by Crippen LogP contribution is 2.04. The molecule has 0 fully saturated rings. The number of rotatable bonds is 8. The lowest BCUT2D eigenvalue weighted by atomic mass is 10.2. The molecule has 4 nitrogen and oxygen atoms in total. The van der Waals surface area contributed by atoms with Crippen molar-refractivity contribution in [3.05, 3.63) is 35.9 Å². The van der Waals surface area contributed by atoms with Crippen LogP contribution in [0.4, 0.5) is 0 Å². The second-order valence-corrected chi connectivity index (χ2v) is 5.73. The number of hydrogen-bond acceptors (Lipinski definition) is 3. The van der Waals surface area contributed by atoms with Gasteiger partial charge in [-0.2, -0.15) is 0 Å². The third-order valence-corrected chi connectivity index (χ3v) is 3.71. The lowest BCUT2D eigenvalue weighted by molar-refractivity contribution is 0.283. The second kappa shape index (κ2) is 7.42. The van der Waals surface area contributed by atoms with Crippen molar-refractivity contribution in [3.63, 3.8) is 0 Å². The van der Waals surface area contributed by atoms with Gasteiger partial charge in [0.05, 0.1) is 5.75 Å². The Morgan fingerprint density at radius 1 is 1.06 bits per heavy atom. The molecule has 0 aliphatic rings. The van der Waals surface area contributed by atoms with E-state index in [2.05, 4.69) is 4.72 Å². The molecule has 0 saturated heterocycles. The highest BCUT2D eigenvalue weighted by Gasteiger charge is 2.09. The fourth-order valence-corrected chi connectivity index (χ4v) is 2.67. The smallest absolute Gasteiger partial charge is 0.215 e. The molecule has 0 unspecified atom stereocenters. The summed E-state index contributed by atoms with van der Waals surface area (Å²) in [6, 6.07) is 9.10. The highest BCUT2D eigenvalue weighted by molar-refractivity contribution is 7.88. The second-order valence-electron chi connectivity index (χ2n) is 3.92. The Balaban J connectivity index is 2.32. The van der Waals surface area contributed by atoms with Gasteiger partial charge in [0.15, 0.2) is 0 Å². The predicted octanol–water partition coefficient (Wildman–Crippen LogP) is 1.27. The summed E-state index contributed by atoms with van der Waals surface area (Å²) in [7, 11) is -3.23. The van der Waals surface area contributed by atoms with Crippen molar-refractivity contribution in [2.24, 2.45) is 0 Å². The molecule has 0 saturated carbocycles. The first-order chi connectivity index (χ1) is 8.14. The van der Waals surface area contributed by atoms with E-state index in [1.54, 1.807) is 12.1 Å². The average Bonchev–Trinajstić information content (AvgIpc) is 2.29. The molecule has 1 rings (SSSR count). The zero-order valence-corrected chi connectivity index (χ0v) is 10.6. The van der Waals surface area contributed by atoms with Crippen LogP contribution in [0.25, 0.3) is 0 Å². The maximum atomic E-state index is 11.7. The van der Waals surface area contributed by atoms with Crippen molar-refractivity contribution < 1.29 is 13.5 Å². The fourth-order valence-electron chi connectivity index (χ4n) is 1.49. The van der Waals surface area contributed by atoms with E-state index < -0.39 is 10.0 Å². The van der Waals surface area contributed by atoms with Crippen molar-refractivity contribution >= 4 is 10.0 Å². The van der Waals surface area contributed by atoms with E-state index in [1.807, 2.05) is 18.2 Å².